The average Bonchev–Trinajstić information content (AvgIpc) is 2.90. The molecule has 18 heavy (non-hydrogen) atoms. The van der Waals surface area contributed by atoms with Gasteiger partial charge in [0.2, 0.25) is 5.91 Å². The van der Waals surface area contributed by atoms with Gasteiger partial charge in [-0.2, -0.15) is 5.10 Å². The lowest BCUT2D eigenvalue weighted by Gasteiger charge is -2.03. The van der Waals surface area contributed by atoms with Gasteiger partial charge in [0.25, 0.3) is 5.91 Å². The summed E-state index contributed by atoms with van der Waals surface area (Å²) in [7, 11) is 0. The number of H-pyrrole nitrogens is 1. The Hall–Kier alpha value is -2.63. The number of rotatable bonds is 4. The summed E-state index contributed by atoms with van der Waals surface area (Å²) in [6.45, 7) is -0.164. The Labute approximate surface area is 103 Å². The fraction of sp³-hybridized carbons (Fsp3) is 0.0833. The smallest absolute Gasteiger partial charge is 0.251 e. The van der Waals surface area contributed by atoms with Crippen LogP contribution >= 0.6 is 0 Å². The first-order chi connectivity index (χ1) is 8.66. The number of nitrogens with two attached hydrogens (primary N) is 1. The van der Waals surface area contributed by atoms with E-state index in [0.29, 0.717) is 5.56 Å². The van der Waals surface area contributed by atoms with Crippen LogP contribution in [0.5, 0.6) is 0 Å². The van der Waals surface area contributed by atoms with Gasteiger partial charge >= 0.3 is 0 Å². The van der Waals surface area contributed by atoms with E-state index in [1.165, 1.54) is 0 Å². The topological polar surface area (TPSA) is 101 Å². The molecule has 0 aliphatic carbocycles. The summed E-state index contributed by atoms with van der Waals surface area (Å²) in [5.74, 6) is -0.897. The van der Waals surface area contributed by atoms with Gasteiger partial charge in [0.1, 0.15) is 0 Å². The van der Waals surface area contributed by atoms with E-state index in [-0.39, 0.29) is 12.5 Å². The molecule has 2 rings (SSSR count). The van der Waals surface area contributed by atoms with Crippen LogP contribution in [0.4, 0.5) is 0 Å². The number of benzene rings is 1. The van der Waals surface area contributed by atoms with Gasteiger partial charge in [0.05, 0.1) is 12.7 Å². The minimum Gasteiger partial charge on any atom is -0.368 e. The maximum atomic E-state index is 11.6. The molecule has 0 aliphatic rings. The lowest BCUT2D eigenvalue weighted by Crippen LogP contribution is -2.33. The van der Waals surface area contributed by atoms with Gasteiger partial charge in [-0.05, 0) is 17.7 Å². The Morgan fingerprint density at radius 3 is 2.50 bits per heavy atom. The number of nitrogens with one attached hydrogen (secondary N) is 2. The van der Waals surface area contributed by atoms with Crippen molar-refractivity contribution in [2.45, 2.75) is 0 Å². The highest BCUT2D eigenvalue weighted by Crippen LogP contribution is 2.17. The molecule has 1 heterocycles. The first-order valence-electron chi connectivity index (χ1n) is 5.32. The fourth-order valence-electron chi connectivity index (χ4n) is 1.49. The molecule has 4 N–H and O–H groups in total. The van der Waals surface area contributed by atoms with Crippen LogP contribution in [-0.2, 0) is 4.79 Å². The van der Waals surface area contributed by atoms with E-state index < -0.39 is 5.91 Å². The van der Waals surface area contributed by atoms with Crippen molar-refractivity contribution in [2.75, 3.05) is 6.54 Å². The average molecular weight is 244 g/mol. The summed E-state index contributed by atoms with van der Waals surface area (Å²) in [5, 5.41) is 8.99. The highest BCUT2D eigenvalue weighted by atomic mass is 16.2. The van der Waals surface area contributed by atoms with E-state index in [2.05, 4.69) is 15.5 Å². The SMILES string of the molecule is NC(=O)CNC(=O)c1ccc(-c2cn[nH]c2)cc1. The van der Waals surface area contributed by atoms with E-state index in [1.54, 1.807) is 24.5 Å². The fourth-order valence-corrected chi connectivity index (χ4v) is 1.49. The van der Waals surface area contributed by atoms with Crippen LogP contribution in [0.25, 0.3) is 11.1 Å². The Balaban J connectivity index is 2.08. The van der Waals surface area contributed by atoms with E-state index in [1.807, 2.05) is 12.1 Å². The van der Waals surface area contributed by atoms with Gasteiger partial charge < -0.3 is 11.1 Å². The van der Waals surface area contributed by atoms with E-state index >= 15 is 0 Å². The molecule has 1 aromatic heterocycles. The molecule has 2 amide bonds. The summed E-state index contributed by atoms with van der Waals surface area (Å²) >= 11 is 0. The number of carbonyl (C=O) groups excluding carboxylic acids is 2. The Bertz CT molecular complexity index is 546. The second kappa shape index (κ2) is 5.13. The summed E-state index contributed by atoms with van der Waals surface area (Å²) < 4.78 is 0. The summed E-state index contributed by atoms with van der Waals surface area (Å²) in [4.78, 5) is 22.2. The predicted octanol–water partition coefficient (Wildman–Crippen LogP) is 0.292. The molecule has 92 valence electrons. The maximum absolute atomic E-state index is 11.6. The highest BCUT2D eigenvalue weighted by molar-refractivity contribution is 5.96. The molecule has 0 fully saturated rings. The van der Waals surface area contributed by atoms with E-state index in [0.717, 1.165) is 11.1 Å². The molecule has 0 saturated heterocycles. The number of carbonyl (C=O) groups is 2. The number of nitrogens with zero attached hydrogens (tertiary/aromatic N) is 1. The number of amides is 2. The zero-order chi connectivity index (χ0) is 13.0. The third kappa shape index (κ3) is 2.73. The number of aromatic nitrogens is 2. The van der Waals surface area contributed by atoms with Crippen molar-refractivity contribution >= 4 is 11.8 Å². The molecule has 2 aromatic rings. The molecule has 0 unspecified atom stereocenters. The maximum Gasteiger partial charge on any atom is 0.251 e. The lowest BCUT2D eigenvalue weighted by molar-refractivity contribution is -0.117. The van der Waals surface area contributed by atoms with Crippen LogP contribution in [0.15, 0.2) is 36.7 Å². The first kappa shape index (κ1) is 11.8. The monoisotopic (exact) mass is 244 g/mol. The largest absolute Gasteiger partial charge is 0.368 e. The van der Waals surface area contributed by atoms with E-state index in [4.69, 9.17) is 5.73 Å². The molecule has 0 aliphatic heterocycles. The molecule has 0 saturated carbocycles. The van der Waals surface area contributed by atoms with Gasteiger partial charge in [-0.15, -0.1) is 0 Å². The molecule has 6 heteroatoms. The van der Waals surface area contributed by atoms with Crippen LogP contribution in [-0.4, -0.2) is 28.6 Å². The van der Waals surface area contributed by atoms with E-state index in [9.17, 15) is 9.59 Å². The molecule has 0 bridgehead atoms. The van der Waals surface area contributed by atoms with Crippen LogP contribution in [0, 0.1) is 0 Å². The molecular weight excluding hydrogens is 232 g/mol. The molecule has 6 nitrogen and oxygen atoms in total. The minimum absolute atomic E-state index is 0.164. The van der Waals surface area contributed by atoms with Crippen LogP contribution < -0.4 is 11.1 Å². The van der Waals surface area contributed by atoms with Crippen molar-refractivity contribution < 1.29 is 9.59 Å². The number of primary amides is 1. The highest BCUT2D eigenvalue weighted by Gasteiger charge is 2.06. The zero-order valence-electron chi connectivity index (χ0n) is 9.51. The quantitative estimate of drug-likeness (QED) is 0.720. The molecule has 0 atom stereocenters. The standard InChI is InChI=1S/C12H12N4O2/c13-11(17)7-14-12(18)9-3-1-8(2-4-9)10-5-15-16-6-10/h1-6H,7H2,(H2,13,17)(H,14,18)(H,15,16). The molecular formula is C12H12N4O2. The summed E-state index contributed by atoms with van der Waals surface area (Å²) in [6.07, 6.45) is 3.46. The lowest BCUT2D eigenvalue weighted by atomic mass is 10.1. The van der Waals surface area contributed by atoms with Gasteiger partial charge in [-0.1, -0.05) is 12.1 Å². The van der Waals surface area contributed by atoms with Gasteiger partial charge in [0.15, 0.2) is 0 Å². The Kier molecular flexibility index (Phi) is 3.38. The van der Waals surface area contributed by atoms with Crippen molar-refractivity contribution in [3.63, 3.8) is 0 Å². The minimum atomic E-state index is -0.571. The van der Waals surface area contributed by atoms with Crippen molar-refractivity contribution in [3.8, 4) is 11.1 Å². The van der Waals surface area contributed by atoms with Gasteiger partial charge in [-0.25, -0.2) is 0 Å². The molecule has 1 aromatic carbocycles. The zero-order valence-corrected chi connectivity index (χ0v) is 9.51. The number of hydrogen-bond donors (Lipinski definition) is 3. The Morgan fingerprint density at radius 1 is 1.22 bits per heavy atom. The second-order valence-electron chi connectivity index (χ2n) is 3.71. The third-order valence-corrected chi connectivity index (χ3v) is 2.40. The number of aromatic amines is 1. The second-order valence-corrected chi connectivity index (χ2v) is 3.71. The normalized spacial score (nSPS) is 10.0. The Morgan fingerprint density at radius 2 is 1.94 bits per heavy atom. The van der Waals surface area contributed by atoms with Crippen molar-refractivity contribution in [3.05, 3.63) is 42.2 Å². The summed E-state index contributed by atoms with van der Waals surface area (Å²) in [5.41, 5.74) is 7.32. The van der Waals surface area contributed by atoms with Crippen LogP contribution in [0.3, 0.4) is 0 Å². The van der Waals surface area contributed by atoms with Crippen molar-refractivity contribution in [2.24, 2.45) is 5.73 Å². The van der Waals surface area contributed by atoms with Gasteiger partial charge in [0, 0.05) is 17.3 Å². The first-order valence-corrected chi connectivity index (χ1v) is 5.32. The molecule has 0 radical (unpaired) electrons. The van der Waals surface area contributed by atoms with Crippen LogP contribution in [0.1, 0.15) is 10.4 Å². The van der Waals surface area contributed by atoms with Crippen molar-refractivity contribution in [1.29, 1.82) is 0 Å². The van der Waals surface area contributed by atoms with Crippen LogP contribution in [0.2, 0.25) is 0 Å². The third-order valence-electron chi connectivity index (χ3n) is 2.40. The number of hydrogen-bond acceptors (Lipinski definition) is 3. The summed E-state index contributed by atoms with van der Waals surface area (Å²) in [6, 6.07) is 6.98. The molecule has 0 spiro atoms. The van der Waals surface area contributed by atoms with Gasteiger partial charge in [-0.3, -0.25) is 14.7 Å². The predicted molar refractivity (Wildman–Crippen MR) is 65.6 cm³/mol. The van der Waals surface area contributed by atoms with Crippen molar-refractivity contribution in [1.82, 2.24) is 15.5 Å².